The van der Waals surface area contributed by atoms with Crippen LogP contribution in [0.4, 0.5) is 0 Å². The van der Waals surface area contributed by atoms with Crippen molar-refractivity contribution in [3.05, 3.63) is 0 Å². The highest BCUT2D eigenvalue weighted by atomic mass is 16.3. The molecule has 96 valence electrons. The molecule has 0 aromatic heterocycles. The molecule has 2 unspecified atom stereocenters. The third-order valence-corrected chi connectivity index (χ3v) is 3.83. The van der Waals surface area contributed by atoms with Crippen molar-refractivity contribution in [2.75, 3.05) is 19.8 Å². The number of rotatable bonds is 6. The van der Waals surface area contributed by atoms with Gasteiger partial charge in [-0.25, -0.2) is 0 Å². The number of aliphatic hydroxyl groups is 3. The summed E-state index contributed by atoms with van der Waals surface area (Å²) in [5.74, 6) is 0.595. The van der Waals surface area contributed by atoms with Gasteiger partial charge >= 0.3 is 0 Å². The molecular weight excluding hydrogens is 206 g/mol. The van der Waals surface area contributed by atoms with Crippen LogP contribution in [-0.2, 0) is 0 Å². The molecule has 0 saturated heterocycles. The fourth-order valence-electron chi connectivity index (χ4n) is 2.57. The molecule has 1 saturated carbocycles. The number of hydrogen-bond donors (Lipinski definition) is 4. The van der Waals surface area contributed by atoms with E-state index in [1.54, 1.807) is 0 Å². The van der Waals surface area contributed by atoms with E-state index in [0.717, 1.165) is 12.8 Å². The van der Waals surface area contributed by atoms with E-state index in [9.17, 15) is 15.3 Å². The summed E-state index contributed by atoms with van der Waals surface area (Å²) in [5.41, 5.74) is -0.921. The van der Waals surface area contributed by atoms with E-state index in [1.807, 2.05) is 0 Å². The summed E-state index contributed by atoms with van der Waals surface area (Å²) >= 11 is 0. The van der Waals surface area contributed by atoms with Crippen molar-refractivity contribution < 1.29 is 15.3 Å². The van der Waals surface area contributed by atoms with Crippen LogP contribution in [0, 0.1) is 5.92 Å². The first kappa shape index (κ1) is 13.9. The van der Waals surface area contributed by atoms with Gasteiger partial charge in [0.2, 0.25) is 0 Å². The molecule has 4 heteroatoms. The molecule has 1 aliphatic rings. The quantitative estimate of drug-likeness (QED) is 0.529. The molecule has 0 aromatic rings. The molecule has 1 rings (SSSR count). The molecule has 0 heterocycles. The highest BCUT2D eigenvalue weighted by Crippen LogP contribution is 2.28. The molecule has 16 heavy (non-hydrogen) atoms. The predicted molar refractivity (Wildman–Crippen MR) is 63.2 cm³/mol. The Morgan fingerprint density at radius 1 is 1.06 bits per heavy atom. The molecule has 0 aromatic carbocycles. The molecule has 4 N–H and O–H groups in total. The highest BCUT2D eigenvalue weighted by molar-refractivity contribution is 4.92. The smallest absolute Gasteiger partial charge is 0.0883 e. The Morgan fingerprint density at radius 3 is 2.12 bits per heavy atom. The average Bonchev–Trinajstić information content (AvgIpc) is 2.36. The fraction of sp³-hybridized carbons (Fsp3) is 1.00. The van der Waals surface area contributed by atoms with Crippen LogP contribution in [0.3, 0.4) is 0 Å². The first-order valence-corrected chi connectivity index (χ1v) is 6.31. The maximum Gasteiger partial charge on any atom is 0.0883 e. The van der Waals surface area contributed by atoms with Gasteiger partial charge in [-0.3, -0.25) is 0 Å². The molecule has 1 aliphatic carbocycles. The Kier molecular flexibility index (Phi) is 5.69. The van der Waals surface area contributed by atoms with Crippen LogP contribution in [0.25, 0.3) is 0 Å². The Bertz CT molecular complexity index is 186. The van der Waals surface area contributed by atoms with Crippen LogP contribution in [-0.4, -0.2) is 46.7 Å². The Morgan fingerprint density at radius 2 is 1.62 bits per heavy atom. The lowest BCUT2D eigenvalue weighted by Crippen LogP contribution is -2.60. The van der Waals surface area contributed by atoms with Crippen molar-refractivity contribution >= 4 is 0 Å². The van der Waals surface area contributed by atoms with Gasteiger partial charge in [0.15, 0.2) is 0 Å². The van der Waals surface area contributed by atoms with E-state index in [4.69, 9.17) is 0 Å². The standard InChI is InChI=1S/C12H25NO3/c1-2-10-5-3-4-6-11(10)13-12(7-14,8-15)9-16/h10-11,13-16H,2-9H2,1H3. The molecule has 2 atom stereocenters. The average molecular weight is 231 g/mol. The van der Waals surface area contributed by atoms with Gasteiger partial charge in [-0.15, -0.1) is 0 Å². The van der Waals surface area contributed by atoms with Gasteiger partial charge < -0.3 is 20.6 Å². The first-order valence-electron chi connectivity index (χ1n) is 6.31. The lowest BCUT2D eigenvalue weighted by molar-refractivity contribution is 0.0229. The lowest BCUT2D eigenvalue weighted by atomic mass is 9.81. The SMILES string of the molecule is CCC1CCCCC1NC(CO)(CO)CO. The zero-order valence-corrected chi connectivity index (χ0v) is 10.2. The molecule has 0 amide bonds. The molecule has 0 bridgehead atoms. The summed E-state index contributed by atoms with van der Waals surface area (Å²) < 4.78 is 0. The minimum absolute atomic E-state index is 0.229. The van der Waals surface area contributed by atoms with Crippen LogP contribution < -0.4 is 5.32 Å². The van der Waals surface area contributed by atoms with Gasteiger partial charge in [0.25, 0.3) is 0 Å². The zero-order chi connectivity index (χ0) is 12.0. The number of hydrogen-bond acceptors (Lipinski definition) is 4. The van der Waals surface area contributed by atoms with Gasteiger partial charge in [0.1, 0.15) is 0 Å². The molecule has 0 spiro atoms. The second kappa shape index (κ2) is 6.55. The summed E-state index contributed by atoms with van der Waals surface area (Å²) in [5, 5.41) is 31.1. The minimum Gasteiger partial charge on any atom is -0.394 e. The third kappa shape index (κ3) is 3.17. The highest BCUT2D eigenvalue weighted by Gasteiger charge is 2.34. The van der Waals surface area contributed by atoms with Gasteiger partial charge in [-0.2, -0.15) is 0 Å². The Labute approximate surface area is 97.7 Å². The van der Waals surface area contributed by atoms with Crippen molar-refractivity contribution in [3.8, 4) is 0 Å². The topological polar surface area (TPSA) is 72.7 Å². The number of aliphatic hydroxyl groups excluding tert-OH is 3. The predicted octanol–water partition coefficient (Wildman–Crippen LogP) is 0.260. The van der Waals surface area contributed by atoms with E-state index in [2.05, 4.69) is 12.2 Å². The van der Waals surface area contributed by atoms with Crippen molar-refractivity contribution in [3.63, 3.8) is 0 Å². The van der Waals surface area contributed by atoms with Crippen molar-refractivity contribution in [2.24, 2.45) is 5.92 Å². The lowest BCUT2D eigenvalue weighted by Gasteiger charge is -2.39. The van der Waals surface area contributed by atoms with Gasteiger partial charge in [-0.05, 0) is 18.8 Å². The Balaban J connectivity index is 2.61. The van der Waals surface area contributed by atoms with Crippen molar-refractivity contribution in [1.29, 1.82) is 0 Å². The van der Waals surface area contributed by atoms with Gasteiger partial charge in [0.05, 0.1) is 25.4 Å². The monoisotopic (exact) mass is 231 g/mol. The summed E-state index contributed by atoms with van der Waals surface area (Å²) in [6.45, 7) is 1.48. The van der Waals surface area contributed by atoms with Gasteiger partial charge in [-0.1, -0.05) is 26.2 Å². The van der Waals surface area contributed by atoms with E-state index >= 15 is 0 Å². The molecule has 0 radical (unpaired) electrons. The van der Waals surface area contributed by atoms with Crippen LogP contribution in [0.2, 0.25) is 0 Å². The van der Waals surface area contributed by atoms with Crippen molar-refractivity contribution in [2.45, 2.75) is 50.6 Å². The van der Waals surface area contributed by atoms with Crippen LogP contribution in [0.15, 0.2) is 0 Å². The summed E-state index contributed by atoms with van der Waals surface area (Å²) in [6.07, 6.45) is 5.83. The minimum atomic E-state index is -0.921. The van der Waals surface area contributed by atoms with Gasteiger partial charge in [0, 0.05) is 6.04 Å². The molecule has 4 nitrogen and oxygen atoms in total. The largest absolute Gasteiger partial charge is 0.394 e. The van der Waals surface area contributed by atoms with E-state index in [0.29, 0.717) is 12.0 Å². The second-order valence-corrected chi connectivity index (χ2v) is 4.96. The normalized spacial score (nSPS) is 27.0. The first-order chi connectivity index (χ1) is 7.71. The zero-order valence-electron chi connectivity index (χ0n) is 10.2. The van der Waals surface area contributed by atoms with Crippen LogP contribution in [0.1, 0.15) is 39.0 Å². The third-order valence-electron chi connectivity index (χ3n) is 3.83. The fourth-order valence-corrected chi connectivity index (χ4v) is 2.57. The van der Waals surface area contributed by atoms with Crippen molar-refractivity contribution in [1.82, 2.24) is 5.32 Å². The Hall–Kier alpha value is -0.160. The van der Waals surface area contributed by atoms with E-state index in [1.165, 1.54) is 19.3 Å². The second-order valence-electron chi connectivity index (χ2n) is 4.96. The van der Waals surface area contributed by atoms with E-state index in [-0.39, 0.29) is 19.8 Å². The van der Waals surface area contributed by atoms with Crippen LogP contribution in [0.5, 0.6) is 0 Å². The number of nitrogens with one attached hydrogen (secondary N) is 1. The molecular formula is C12H25NO3. The summed E-state index contributed by atoms with van der Waals surface area (Å²) in [4.78, 5) is 0. The summed E-state index contributed by atoms with van der Waals surface area (Å²) in [7, 11) is 0. The molecule has 0 aliphatic heterocycles. The molecule has 1 fully saturated rings. The summed E-state index contributed by atoms with van der Waals surface area (Å²) in [6, 6.07) is 0.310. The maximum absolute atomic E-state index is 9.28. The van der Waals surface area contributed by atoms with Crippen LogP contribution >= 0.6 is 0 Å². The maximum atomic E-state index is 9.28. The van der Waals surface area contributed by atoms with E-state index < -0.39 is 5.54 Å².